The lowest BCUT2D eigenvalue weighted by Crippen LogP contribution is -2.37. The number of halogens is 1. The smallest absolute Gasteiger partial charge is 0.230 e. The number of aromatic nitrogens is 3. The van der Waals surface area contributed by atoms with Crippen LogP contribution in [0.5, 0.6) is 5.88 Å². The number of likely N-dealkylation sites (tertiary alicyclic amines) is 1. The Labute approximate surface area is 171 Å². The minimum Gasteiger partial charge on any atom is -0.492 e. The Morgan fingerprint density at radius 2 is 2.10 bits per heavy atom. The molecule has 0 unspecified atom stereocenters. The molecule has 1 saturated heterocycles. The van der Waals surface area contributed by atoms with Gasteiger partial charge in [-0.2, -0.15) is 9.50 Å². The molecule has 0 saturated carbocycles. The van der Waals surface area contributed by atoms with Crippen LogP contribution in [0.1, 0.15) is 36.2 Å². The van der Waals surface area contributed by atoms with E-state index in [1.54, 1.807) is 30.5 Å². The molecule has 1 aromatic carbocycles. The van der Waals surface area contributed by atoms with Gasteiger partial charge in [0.15, 0.2) is 5.76 Å². The van der Waals surface area contributed by atoms with Crippen LogP contribution in [0, 0.1) is 11.7 Å². The molecule has 0 spiro atoms. The predicted molar refractivity (Wildman–Crippen MR) is 108 cm³/mol. The zero-order valence-corrected chi connectivity index (χ0v) is 16.8. The van der Waals surface area contributed by atoms with Gasteiger partial charge in [-0.25, -0.2) is 4.39 Å². The molecule has 5 rings (SSSR count). The number of hydrogen-bond acceptors (Lipinski definition) is 6. The molecule has 2 atom stereocenters. The predicted octanol–water partition coefficient (Wildman–Crippen LogP) is 4.72. The van der Waals surface area contributed by atoms with E-state index in [4.69, 9.17) is 4.42 Å². The van der Waals surface area contributed by atoms with E-state index in [1.165, 1.54) is 34.4 Å². The molecule has 1 aliphatic heterocycles. The first-order valence-electron chi connectivity index (χ1n) is 9.72. The van der Waals surface area contributed by atoms with Crippen molar-refractivity contribution in [2.45, 2.75) is 25.8 Å². The second-order valence-corrected chi connectivity index (χ2v) is 8.60. The van der Waals surface area contributed by atoms with Gasteiger partial charge in [0.2, 0.25) is 16.7 Å². The number of piperidine rings is 1. The topological polar surface area (TPSA) is 66.8 Å². The largest absolute Gasteiger partial charge is 0.492 e. The first kappa shape index (κ1) is 18.3. The van der Waals surface area contributed by atoms with Crippen LogP contribution in [0.3, 0.4) is 0 Å². The van der Waals surface area contributed by atoms with Gasteiger partial charge in [-0.1, -0.05) is 30.4 Å². The molecule has 6 nitrogen and oxygen atoms in total. The Kier molecular flexibility index (Phi) is 4.60. The van der Waals surface area contributed by atoms with Gasteiger partial charge in [0, 0.05) is 6.54 Å². The molecule has 8 heteroatoms. The minimum atomic E-state index is -0.269. The van der Waals surface area contributed by atoms with Crippen molar-refractivity contribution in [3.05, 3.63) is 58.9 Å². The Balaban J connectivity index is 1.59. The van der Waals surface area contributed by atoms with E-state index in [-0.39, 0.29) is 17.7 Å². The summed E-state index contributed by atoms with van der Waals surface area (Å²) in [5, 5.41) is 15.4. The normalized spacial score (nSPS) is 19.0. The summed E-state index contributed by atoms with van der Waals surface area (Å²) in [6.45, 7) is 4.09. The first-order chi connectivity index (χ1) is 14.1. The van der Waals surface area contributed by atoms with Crippen molar-refractivity contribution in [3.8, 4) is 17.5 Å². The Morgan fingerprint density at radius 1 is 1.28 bits per heavy atom. The van der Waals surface area contributed by atoms with Crippen LogP contribution >= 0.6 is 11.3 Å². The van der Waals surface area contributed by atoms with Crippen molar-refractivity contribution < 1.29 is 13.9 Å². The van der Waals surface area contributed by atoms with E-state index in [0.29, 0.717) is 22.5 Å². The van der Waals surface area contributed by atoms with E-state index in [1.807, 2.05) is 0 Å². The molecule has 0 amide bonds. The average Bonchev–Trinajstić information content (AvgIpc) is 3.43. The molecule has 1 N–H and O–H groups in total. The summed E-state index contributed by atoms with van der Waals surface area (Å²) in [6, 6.07) is 9.92. The van der Waals surface area contributed by atoms with Crippen LogP contribution in [-0.4, -0.2) is 37.7 Å². The molecule has 4 aromatic rings. The highest BCUT2D eigenvalue weighted by molar-refractivity contribution is 7.17. The molecule has 29 heavy (non-hydrogen) atoms. The molecule has 0 radical (unpaired) electrons. The van der Waals surface area contributed by atoms with Gasteiger partial charge < -0.3 is 9.52 Å². The average molecular weight is 412 g/mol. The highest BCUT2D eigenvalue weighted by atomic mass is 32.1. The quantitative estimate of drug-likeness (QED) is 0.526. The molecular formula is C21H21FN4O2S. The highest BCUT2D eigenvalue weighted by Crippen LogP contribution is 2.41. The number of benzene rings is 1. The van der Waals surface area contributed by atoms with Crippen molar-refractivity contribution in [1.82, 2.24) is 19.5 Å². The Hall–Kier alpha value is -2.71. The maximum absolute atomic E-state index is 13.5. The van der Waals surface area contributed by atoms with Crippen molar-refractivity contribution in [3.63, 3.8) is 0 Å². The van der Waals surface area contributed by atoms with Crippen LogP contribution in [0.15, 0.2) is 47.1 Å². The number of nitrogens with zero attached hydrogens (tertiary/aromatic N) is 4. The standard InChI is InChI=1S/C21H21FN4O2S/c1-13-4-2-10-25(12-13)17(14-6-8-15(22)9-7-14)18-20(27)26-21(29-18)23-19(24-26)16-5-3-11-28-16/h3,5-9,11,13,17,27H,2,4,10,12H2,1H3/t13-,17-/m1/s1. The fraction of sp³-hybridized carbons (Fsp3) is 0.333. The zero-order chi connectivity index (χ0) is 20.0. The van der Waals surface area contributed by atoms with Crippen LogP contribution in [-0.2, 0) is 0 Å². The summed E-state index contributed by atoms with van der Waals surface area (Å²) in [6.07, 6.45) is 3.86. The van der Waals surface area contributed by atoms with Crippen molar-refractivity contribution >= 4 is 16.3 Å². The third-order valence-electron chi connectivity index (χ3n) is 5.43. The van der Waals surface area contributed by atoms with Crippen LogP contribution in [0.4, 0.5) is 4.39 Å². The van der Waals surface area contributed by atoms with Gasteiger partial charge in [0.1, 0.15) is 5.82 Å². The van der Waals surface area contributed by atoms with Gasteiger partial charge in [0.05, 0.1) is 17.2 Å². The van der Waals surface area contributed by atoms with E-state index >= 15 is 0 Å². The van der Waals surface area contributed by atoms with E-state index in [2.05, 4.69) is 21.9 Å². The monoisotopic (exact) mass is 412 g/mol. The Bertz CT molecular complexity index is 1120. The lowest BCUT2D eigenvalue weighted by Gasteiger charge is -2.37. The van der Waals surface area contributed by atoms with Gasteiger partial charge >= 0.3 is 0 Å². The van der Waals surface area contributed by atoms with Crippen LogP contribution in [0.2, 0.25) is 0 Å². The molecule has 0 aliphatic carbocycles. The number of rotatable bonds is 4. The lowest BCUT2D eigenvalue weighted by atomic mass is 9.95. The third kappa shape index (κ3) is 3.32. The molecule has 1 fully saturated rings. The minimum absolute atomic E-state index is 0.0721. The van der Waals surface area contributed by atoms with Crippen molar-refractivity contribution in [2.24, 2.45) is 5.92 Å². The molecule has 150 valence electrons. The lowest BCUT2D eigenvalue weighted by molar-refractivity contribution is 0.149. The molecule has 0 bridgehead atoms. The SMILES string of the molecule is C[C@@H]1CCCN([C@H](c2ccc(F)cc2)c2sc3nc(-c4ccco4)nn3c2O)C1. The van der Waals surface area contributed by atoms with E-state index in [9.17, 15) is 9.50 Å². The number of aromatic hydroxyl groups is 1. The second-order valence-electron chi connectivity index (χ2n) is 7.59. The van der Waals surface area contributed by atoms with Gasteiger partial charge in [-0.15, -0.1) is 5.10 Å². The summed E-state index contributed by atoms with van der Waals surface area (Å²) in [5.74, 6) is 1.37. The van der Waals surface area contributed by atoms with Crippen LogP contribution < -0.4 is 0 Å². The van der Waals surface area contributed by atoms with Crippen molar-refractivity contribution in [2.75, 3.05) is 13.1 Å². The number of furan rings is 1. The summed E-state index contributed by atoms with van der Waals surface area (Å²) in [4.78, 5) is 8.25. The van der Waals surface area contributed by atoms with E-state index < -0.39 is 0 Å². The van der Waals surface area contributed by atoms with E-state index in [0.717, 1.165) is 30.0 Å². The highest BCUT2D eigenvalue weighted by Gasteiger charge is 2.32. The maximum atomic E-state index is 13.5. The van der Waals surface area contributed by atoms with Crippen LogP contribution in [0.25, 0.3) is 16.5 Å². The zero-order valence-electron chi connectivity index (χ0n) is 16.0. The first-order valence-corrected chi connectivity index (χ1v) is 10.5. The third-order valence-corrected chi connectivity index (χ3v) is 6.50. The summed E-state index contributed by atoms with van der Waals surface area (Å²) in [5.41, 5.74) is 0.951. The number of fused-ring (bicyclic) bond motifs is 1. The fourth-order valence-corrected chi connectivity index (χ4v) is 5.19. The fourth-order valence-electron chi connectivity index (χ4n) is 4.07. The summed E-state index contributed by atoms with van der Waals surface area (Å²) in [7, 11) is 0. The molecule has 1 aliphatic rings. The summed E-state index contributed by atoms with van der Waals surface area (Å²) >= 11 is 1.41. The molecular weight excluding hydrogens is 391 g/mol. The molecule has 3 aromatic heterocycles. The van der Waals surface area contributed by atoms with Crippen molar-refractivity contribution in [1.29, 1.82) is 0 Å². The van der Waals surface area contributed by atoms with Gasteiger partial charge in [0.25, 0.3) is 0 Å². The van der Waals surface area contributed by atoms with Gasteiger partial charge in [-0.3, -0.25) is 4.90 Å². The van der Waals surface area contributed by atoms with Gasteiger partial charge in [-0.05, 0) is 55.1 Å². The maximum Gasteiger partial charge on any atom is 0.230 e. The number of hydrogen-bond donors (Lipinski definition) is 1. The Morgan fingerprint density at radius 3 is 2.79 bits per heavy atom. The second kappa shape index (κ2) is 7.27. The summed E-state index contributed by atoms with van der Waals surface area (Å²) < 4.78 is 20.4. The number of thiazole rings is 1. The molecule has 4 heterocycles.